The third kappa shape index (κ3) is 2.21. The monoisotopic (exact) mass is 347 g/mol. The smallest absolute Gasteiger partial charge is 0.199 e. The second kappa shape index (κ2) is 5.68. The highest BCUT2D eigenvalue weighted by Crippen LogP contribution is 2.37. The van der Waals surface area contributed by atoms with Gasteiger partial charge in [-0.05, 0) is 18.9 Å². The van der Waals surface area contributed by atoms with Crippen LogP contribution in [0.15, 0.2) is 24.8 Å². The van der Waals surface area contributed by atoms with Crippen molar-refractivity contribution in [3.8, 4) is 23.2 Å². The van der Waals surface area contributed by atoms with Gasteiger partial charge in [0.2, 0.25) is 0 Å². The Morgan fingerprint density at radius 1 is 1.19 bits per heavy atom. The molecule has 8 heteroatoms. The Labute approximate surface area is 149 Å². The van der Waals surface area contributed by atoms with Crippen molar-refractivity contribution < 1.29 is 5.11 Å². The number of anilines is 1. The molecule has 2 saturated heterocycles. The lowest BCUT2D eigenvalue weighted by molar-refractivity contribution is 0.460. The Morgan fingerprint density at radius 2 is 2.12 bits per heavy atom. The summed E-state index contributed by atoms with van der Waals surface area (Å²) in [5, 5.41) is 23.8. The summed E-state index contributed by atoms with van der Waals surface area (Å²) < 4.78 is 0. The first-order valence-electron chi connectivity index (χ1n) is 8.64. The van der Waals surface area contributed by atoms with E-state index in [0.29, 0.717) is 39.7 Å². The fourth-order valence-electron chi connectivity index (χ4n) is 4.12. The molecule has 26 heavy (non-hydrogen) atoms. The van der Waals surface area contributed by atoms with Crippen LogP contribution in [0, 0.1) is 17.2 Å². The van der Waals surface area contributed by atoms with Crippen LogP contribution < -0.4 is 10.2 Å². The largest absolute Gasteiger partial charge is 0.494 e. The molecule has 0 amide bonds. The van der Waals surface area contributed by atoms with Crippen molar-refractivity contribution >= 4 is 16.7 Å². The number of H-pyrrole nitrogens is 1. The highest BCUT2D eigenvalue weighted by molar-refractivity contribution is 6.01. The number of rotatable bonds is 2. The Kier molecular flexibility index (Phi) is 3.30. The molecule has 8 nitrogen and oxygen atoms in total. The number of aromatic amines is 1. The van der Waals surface area contributed by atoms with Gasteiger partial charge in [0.05, 0.1) is 40.9 Å². The summed E-state index contributed by atoms with van der Waals surface area (Å²) >= 11 is 0. The summed E-state index contributed by atoms with van der Waals surface area (Å²) in [6.07, 6.45) is 7.66. The summed E-state index contributed by atoms with van der Waals surface area (Å²) in [5.74, 6) is 1.48. The van der Waals surface area contributed by atoms with Gasteiger partial charge in [0, 0.05) is 30.7 Å². The van der Waals surface area contributed by atoms with Crippen molar-refractivity contribution in [1.82, 2.24) is 25.3 Å². The Hall–Kier alpha value is -3.18. The topological polar surface area (TPSA) is 114 Å². The Bertz CT molecular complexity index is 1010. The molecule has 2 fully saturated rings. The van der Waals surface area contributed by atoms with Gasteiger partial charge >= 0.3 is 0 Å². The fourth-order valence-corrected chi connectivity index (χ4v) is 4.12. The van der Waals surface area contributed by atoms with Gasteiger partial charge < -0.3 is 20.3 Å². The predicted octanol–water partition coefficient (Wildman–Crippen LogP) is 1.40. The highest BCUT2D eigenvalue weighted by atomic mass is 16.3. The van der Waals surface area contributed by atoms with Crippen LogP contribution in [0.5, 0.6) is 5.88 Å². The number of pyridine rings is 1. The van der Waals surface area contributed by atoms with Gasteiger partial charge in [-0.25, -0.2) is 4.98 Å². The summed E-state index contributed by atoms with van der Waals surface area (Å²) in [5.41, 5.74) is 2.00. The molecule has 3 aromatic rings. The van der Waals surface area contributed by atoms with Gasteiger partial charge in [-0.3, -0.25) is 9.97 Å². The van der Waals surface area contributed by atoms with Crippen LogP contribution >= 0.6 is 0 Å². The molecule has 0 aliphatic carbocycles. The number of nitrogens with one attached hydrogen (secondary N) is 2. The lowest BCUT2D eigenvalue weighted by Gasteiger charge is -2.18. The van der Waals surface area contributed by atoms with Crippen LogP contribution in [0.1, 0.15) is 12.0 Å². The van der Waals surface area contributed by atoms with Crippen molar-refractivity contribution in [2.75, 3.05) is 24.5 Å². The van der Waals surface area contributed by atoms with E-state index < -0.39 is 0 Å². The second-order valence-electron chi connectivity index (χ2n) is 6.84. The molecule has 0 bridgehead atoms. The maximum absolute atomic E-state index is 10.3. The third-order valence-corrected chi connectivity index (χ3v) is 5.39. The van der Waals surface area contributed by atoms with Gasteiger partial charge in [-0.2, -0.15) is 5.26 Å². The van der Waals surface area contributed by atoms with Gasteiger partial charge in [-0.1, -0.05) is 0 Å². The van der Waals surface area contributed by atoms with Crippen LogP contribution in [0.25, 0.3) is 22.2 Å². The van der Waals surface area contributed by atoms with E-state index in [1.807, 2.05) is 0 Å². The zero-order valence-corrected chi connectivity index (χ0v) is 14.0. The average molecular weight is 347 g/mol. The van der Waals surface area contributed by atoms with Crippen LogP contribution in [0.3, 0.4) is 0 Å². The molecule has 5 heterocycles. The molecule has 130 valence electrons. The molecule has 0 spiro atoms. The van der Waals surface area contributed by atoms with E-state index in [0.717, 1.165) is 25.5 Å². The van der Waals surface area contributed by atoms with Gasteiger partial charge in [-0.15, -0.1) is 0 Å². The fraction of sp³-hybridized carbons (Fsp3) is 0.333. The lowest BCUT2D eigenvalue weighted by atomic mass is 10.1. The van der Waals surface area contributed by atoms with E-state index in [9.17, 15) is 10.4 Å². The molecule has 2 aliphatic rings. The first-order chi connectivity index (χ1) is 12.7. The first-order valence-corrected chi connectivity index (χ1v) is 8.64. The minimum atomic E-state index is -0.0357. The van der Waals surface area contributed by atoms with Crippen LogP contribution in [0.2, 0.25) is 0 Å². The molecule has 0 radical (unpaired) electrons. The quantitative estimate of drug-likeness (QED) is 0.642. The lowest BCUT2D eigenvalue weighted by Crippen LogP contribution is -2.30. The predicted molar refractivity (Wildman–Crippen MR) is 95.6 cm³/mol. The molecular formula is C18H17N7O. The van der Waals surface area contributed by atoms with E-state index in [2.05, 4.69) is 36.2 Å². The molecule has 3 N–H and O–H groups in total. The standard InChI is InChI=1S/C18H17N7O/c19-3-11-4-20-5-13-16(11)17(18(26)24-13)12-6-23-15(7-22-12)25-8-10-1-2-21-14(10)9-25/h4-7,10,14,21,24,26H,1-2,8-9H2. The van der Waals surface area contributed by atoms with E-state index in [1.165, 1.54) is 12.6 Å². The number of aromatic hydroxyl groups is 1. The van der Waals surface area contributed by atoms with Crippen LogP contribution in [-0.4, -0.2) is 50.7 Å². The normalized spacial score (nSPS) is 21.9. The van der Waals surface area contributed by atoms with Crippen LogP contribution in [0.4, 0.5) is 5.82 Å². The van der Waals surface area contributed by atoms with Crippen LogP contribution in [-0.2, 0) is 0 Å². The van der Waals surface area contributed by atoms with Crippen molar-refractivity contribution in [2.45, 2.75) is 12.5 Å². The summed E-state index contributed by atoms with van der Waals surface area (Å²) in [6.45, 7) is 3.04. The van der Waals surface area contributed by atoms with E-state index in [4.69, 9.17) is 0 Å². The van der Waals surface area contributed by atoms with Gasteiger partial charge in [0.1, 0.15) is 11.9 Å². The molecule has 0 aromatic carbocycles. The number of hydrogen-bond donors (Lipinski definition) is 3. The summed E-state index contributed by atoms with van der Waals surface area (Å²) in [6, 6.07) is 2.66. The minimum absolute atomic E-state index is 0.0357. The van der Waals surface area contributed by atoms with Crippen molar-refractivity contribution in [2.24, 2.45) is 5.92 Å². The highest BCUT2D eigenvalue weighted by Gasteiger charge is 2.36. The molecule has 5 rings (SSSR count). The van der Waals surface area contributed by atoms with Gasteiger partial charge in [0.15, 0.2) is 5.88 Å². The third-order valence-electron chi connectivity index (χ3n) is 5.39. The molecule has 3 aromatic heterocycles. The van der Waals surface area contributed by atoms with Crippen molar-refractivity contribution in [3.63, 3.8) is 0 Å². The van der Waals surface area contributed by atoms with Gasteiger partial charge in [0.25, 0.3) is 0 Å². The molecule has 0 saturated carbocycles. The molecular weight excluding hydrogens is 330 g/mol. The number of fused-ring (bicyclic) bond motifs is 2. The van der Waals surface area contributed by atoms with Crippen molar-refractivity contribution in [3.05, 3.63) is 30.4 Å². The SMILES string of the molecule is N#Cc1cncc2[nH]c(O)c(-c3cnc(N4CC5CCNC5C4)cn3)c12. The zero-order chi connectivity index (χ0) is 17.7. The van der Waals surface area contributed by atoms with E-state index in [1.54, 1.807) is 18.6 Å². The number of nitrogens with zero attached hydrogens (tertiary/aromatic N) is 5. The molecule has 2 atom stereocenters. The maximum Gasteiger partial charge on any atom is 0.199 e. The second-order valence-corrected chi connectivity index (χ2v) is 6.84. The first kappa shape index (κ1) is 15.1. The Balaban J connectivity index is 1.51. The maximum atomic E-state index is 10.3. The zero-order valence-electron chi connectivity index (χ0n) is 14.0. The number of nitriles is 1. The summed E-state index contributed by atoms with van der Waals surface area (Å²) in [7, 11) is 0. The average Bonchev–Trinajstić information content (AvgIpc) is 3.33. The molecule has 2 unspecified atom stereocenters. The van der Waals surface area contributed by atoms with E-state index in [-0.39, 0.29) is 5.88 Å². The van der Waals surface area contributed by atoms with E-state index >= 15 is 0 Å². The number of hydrogen-bond acceptors (Lipinski definition) is 7. The molecule has 2 aliphatic heterocycles. The van der Waals surface area contributed by atoms with Crippen molar-refractivity contribution in [1.29, 1.82) is 5.26 Å². The Morgan fingerprint density at radius 3 is 2.88 bits per heavy atom. The minimum Gasteiger partial charge on any atom is -0.494 e. The summed E-state index contributed by atoms with van der Waals surface area (Å²) in [4.78, 5) is 18.2. The number of aromatic nitrogens is 4.